The van der Waals surface area contributed by atoms with E-state index < -0.39 is 23.2 Å². The highest BCUT2D eigenvalue weighted by molar-refractivity contribution is 5.92. The summed E-state index contributed by atoms with van der Waals surface area (Å²) >= 11 is 0. The molecule has 0 aliphatic rings. The van der Waals surface area contributed by atoms with Crippen LogP contribution in [0, 0.1) is 11.6 Å². The third-order valence-corrected chi connectivity index (χ3v) is 2.75. The van der Waals surface area contributed by atoms with Gasteiger partial charge in [0.1, 0.15) is 17.3 Å². The zero-order chi connectivity index (χ0) is 14.3. The number of carbonyl (C=O) groups is 1. The van der Waals surface area contributed by atoms with Gasteiger partial charge in [0.25, 0.3) is 0 Å². The molecule has 1 rings (SSSR count). The van der Waals surface area contributed by atoms with E-state index in [-0.39, 0.29) is 19.2 Å². The monoisotopic (exact) mass is 272 g/mol. The summed E-state index contributed by atoms with van der Waals surface area (Å²) in [6.45, 7) is 1.88. The van der Waals surface area contributed by atoms with Crippen LogP contribution in [0.1, 0.15) is 19.8 Å². The number of rotatable bonds is 7. The van der Waals surface area contributed by atoms with Crippen LogP contribution < -0.4 is 10.6 Å². The van der Waals surface area contributed by atoms with Crippen LogP contribution in [0.2, 0.25) is 0 Å². The number of aliphatic hydroxyl groups is 1. The number of para-hydroxylation sites is 1. The van der Waals surface area contributed by atoms with Crippen molar-refractivity contribution >= 4 is 11.6 Å². The summed E-state index contributed by atoms with van der Waals surface area (Å²) in [4.78, 5) is 11.6. The quantitative estimate of drug-likeness (QED) is 0.707. The van der Waals surface area contributed by atoms with Crippen molar-refractivity contribution in [3.8, 4) is 0 Å². The van der Waals surface area contributed by atoms with E-state index in [0.29, 0.717) is 6.42 Å². The number of amides is 1. The molecule has 0 saturated carbocycles. The molecule has 4 nitrogen and oxygen atoms in total. The van der Waals surface area contributed by atoms with Crippen LogP contribution in [-0.4, -0.2) is 30.2 Å². The van der Waals surface area contributed by atoms with Gasteiger partial charge in [0.2, 0.25) is 5.91 Å². The topological polar surface area (TPSA) is 61.4 Å². The minimum atomic E-state index is -0.809. The Morgan fingerprint density at radius 3 is 2.53 bits per heavy atom. The number of nitrogens with one attached hydrogen (secondary N) is 2. The first kappa shape index (κ1) is 15.5. The lowest BCUT2D eigenvalue weighted by Gasteiger charge is -2.15. The fourth-order valence-corrected chi connectivity index (χ4v) is 1.64. The Balaban J connectivity index is 2.51. The van der Waals surface area contributed by atoms with Gasteiger partial charge in [0.15, 0.2) is 0 Å². The van der Waals surface area contributed by atoms with Crippen molar-refractivity contribution in [2.45, 2.75) is 25.8 Å². The fourth-order valence-electron chi connectivity index (χ4n) is 1.64. The number of aliphatic hydroxyl groups excluding tert-OH is 1. The van der Waals surface area contributed by atoms with Crippen molar-refractivity contribution < 1.29 is 18.7 Å². The van der Waals surface area contributed by atoms with Crippen LogP contribution in [0.3, 0.4) is 0 Å². The normalized spacial score (nSPS) is 12.2. The largest absolute Gasteiger partial charge is 0.396 e. The number of hydrogen-bond donors (Lipinski definition) is 3. The average molecular weight is 272 g/mol. The van der Waals surface area contributed by atoms with Gasteiger partial charge in [-0.2, -0.15) is 0 Å². The highest BCUT2D eigenvalue weighted by Crippen LogP contribution is 2.17. The van der Waals surface area contributed by atoms with Crippen molar-refractivity contribution in [2.75, 3.05) is 18.5 Å². The standard InChI is InChI=1S/C13H18F2N2O2/c1-2-9(6-7-18)16-8-12(19)17-13-10(14)4-3-5-11(13)15/h3-5,9,16,18H,2,6-8H2,1H3,(H,17,19). The second kappa shape index (κ2) is 7.81. The summed E-state index contributed by atoms with van der Waals surface area (Å²) in [5, 5.41) is 13.9. The van der Waals surface area contributed by atoms with E-state index in [0.717, 1.165) is 18.6 Å². The number of hydrogen-bond acceptors (Lipinski definition) is 3. The Bertz CT molecular complexity index is 407. The molecular weight excluding hydrogens is 254 g/mol. The molecule has 0 bridgehead atoms. The van der Waals surface area contributed by atoms with Crippen molar-refractivity contribution in [2.24, 2.45) is 0 Å². The van der Waals surface area contributed by atoms with Crippen LogP contribution in [0.15, 0.2) is 18.2 Å². The zero-order valence-electron chi connectivity index (χ0n) is 10.7. The second-order valence-corrected chi connectivity index (χ2v) is 4.14. The fraction of sp³-hybridized carbons (Fsp3) is 0.462. The van der Waals surface area contributed by atoms with Gasteiger partial charge < -0.3 is 15.7 Å². The Hall–Kier alpha value is -1.53. The Kier molecular flexibility index (Phi) is 6.38. The van der Waals surface area contributed by atoms with E-state index >= 15 is 0 Å². The summed E-state index contributed by atoms with van der Waals surface area (Å²) in [7, 11) is 0. The van der Waals surface area contributed by atoms with Crippen molar-refractivity contribution in [3.63, 3.8) is 0 Å². The molecule has 1 amide bonds. The smallest absolute Gasteiger partial charge is 0.238 e. The lowest BCUT2D eigenvalue weighted by molar-refractivity contribution is -0.115. The molecule has 0 radical (unpaired) electrons. The predicted octanol–water partition coefficient (Wildman–Crippen LogP) is 1.65. The molecule has 0 aromatic heterocycles. The highest BCUT2D eigenvalue weighted by atomic mass is 19.1. The third kappa shape index (κ3) is 4.92. The molecule has 3 N–H and O–H groups in total. The van der Waals surface area contributed by atoms with Crippen molar-refractivity contribution in [1.29, 1.82) is 0 Å². The molecule has 1 aromatic rings. The molecule has 1 aromatic carbocycles. The minimum Gasteiger partial charge on any atom is -0.396 e. The van der Waals surface area contributed by atoms with Gasteiger partial charge in [0.05, 0.1) is 6.54 Å². The van der Waals surface area contributed by atoms with Gasteiger partial charge in [-0.05, 0) is 25.0 Å². The first-order chi connectivity index (χ1) is 9.08. The van der Waals surface area contributed by atoms with E-state index in [1.807, 2.05) is 6.92 Å². The van der Waals surface area contributed by atoms with Crippen LogP contribution in [0.5, 0.6) is 0 Å². The van der Waals surface area contributed by atoms with Gasteiger partial charge in [-0.3, -0.25) is 4.79 Å². The lowest BCUT2D eigenvalue weighted by atomic mass is 10.1. The molecule has 0 saturated heterocycles. The van der Waals surface area contributed by atoms with E-state index in [2.05, 4.69) is 10.6 Å². The maximum atomic E-state index is 13.3. The maximum absolute atomic E-state index is 13.3. The van der Waals surface area contributed by atoms with Gasteiger partial charge in [-0.15, -0.1) is 0 Å². The molecule has 19 heavy (non-hydrogen) atoms. The molecule has 0 aliphatic carbocycles. The maximum Gasteiger partial charge on any atom is 0.238 e. The molecule has 106 valence electrons. The predicted molar refractivity (Wildman–Crippen MR) is 68.8 cm³/mol. The molecule has 6 heteroatoms. The van der Waals surface area contributed by atoms with Crippen LogP contribution in [0.25, 0.3) is 0 Å². The van der Waals surface area contributed by atoms with E-state index in [1.54, 1.807) is 0 Å². The molecule has 0 aliphatic heterocycles. The van der Waals surface area contributed by atoms with E-state index in [1.165, 1.54) is 6.07 Å². The van der Waals surface area contributed by atoms with Crippen molar-refractivity contribution in [1.82, 2.24) is 5.32 Å². The van der Waals surface area contributed by atoms with Gasteiger partial charge in [-0.25, -0.2) is 8.78 Å². The van der Waals surface area contributed by atoms with Gasteiger partial charge >= 0.3 is 0 Å². The molecule has 0 spiro atoms. The third-order valence-electron chi connectivity index (χ3n) is 2.75. The van der Waals surface area contributed by atoms with Crippen LogP contribution >= 0.6 is 0 Å². The van der Waals surface area contributed by atoms with Crippen LogP contribution in [0.4, 0.5) is 14.5 Å². The first-order valence-corrected chi connectivity index (χ1v) is 6.16. The Morgan fingerprint density at radius 2 is 2.00 bits per heavy atom. The van der Waals surface area contributed by atoms with Crippen LogP contribution in [-0.2, 0) is 4.79 Å². The molecule has 1 atom stereocenters. The SMILES string of the molecule is CCC(CCO)NCC(=O)Nc1c(F)cccc1F. The molecular formula is C13H18F2N2O2. The first-order valence-electron chi connectivity index (χ1n) is 6.16. The van der Waals surface area contributed by atoms with Gasteiger partial charge in [0, 0.05) is 12.6 Å². The Labute approximate surface area is 110 Å². The number of halogens is 2. The average Bonchev–Trinajstić information content (AvgIpc) is 2.39. The number of carbonyl (C=O) groups excluding carboxylic acids is 1. The number of anilines is 1. The zero-order valence-corrected chi connectivity index (χ0v) is 10.7. The molecule has 0 fully saturated rings. The summed E-state index contributed by atoms with van der Waals surface area (Å²) in [5.74, 6) is -2.15. The minimum absolute atomic E-state index is 0.00113. The van der Waals surface area contributed by atoms with E-state index in [4.69, 9.17) is 5.11 Å². The second-order valence-electron chi connectivity index (χ2n) is 4.14. The highest BCUT2D eigenvalue weighted by Gasteiger charge is 2.13. The van der Waals surface area contributed by atoms with Gasteiger partial charge in [-0.1, -0.05) is 13.0 Å². The molecule has 0 heterocycles. The summed E-state index contributed by atoms with van der Waals surface area (Å²) in [5.41, 5.74) is -0.440. The Morgan fingerprint density at radius 1 is 1.37 bits per heavy atom. The van der Waals surface area contributed by atoms with Crippen molar-refractivity contribution in [3.05, 3.63) is 29.8 Å². The van der Waals surface area contributed by atoms with E-state index in [9.17, 15) is 13.6 Å². The number of benzene rings is 1. The molecule has 1 unspecified atom stereocenters. The summed E-state index contributed by atoms with van der Waals surface area (Å²) in [6, 6.07) is 3.38. The lowest BCUT2D eigenvalue weighted by Crippen LogP contribution is -2.36. The summed E-state index contributed by atoms with van der Waals surface area (Å²) < 4.78 is 26.6. The summed E-state index contributed by atoms with van der Waals surface area (Å²) in [6.07, 6.45) is 1.28.